The predicted octanol–water partition coefficient (Wildman–Crippen LogP) is 0.932. The zero-order chi connectivity index (χ0) is 22.0. The molecule has 155 valence electrons. The Labute approximate surface area is 180 Å². The van der Waals surface area contributed by atoms with Gasteiger partial charge in [-0.1, -0.05) is 0 Å². The van der Waals surface area contributed by atoms with Gasteiger partial charge in [-0.05, 0) is 45.0 Å². The van der Waals surface area contributed by atoms with Gasteiger partial charge < -0.3 is 20.3 Å². The number of rotatable bonds is 6. The van der Waals surface area contributed by atoms with E-state index >= 15 is 0 Å². The standard InChI is InChI=1S/C19H20B2N7O3/c1-11-8-12(2-5-23-11)19-25-15(10-31-19)18(30)24-14-9-28(26-16(14)17(22)29)13-3-6-27(21-20)7-4-13/h2,5,8-10,13H,3-4,6-7H2,1H3,(H2,22,29)(H,24,30). The summed E-state index contributed by atoms with van der Waals surface area (Å²) in [5, 5.41) is 6.98. The molecule has 0 aliphatic carbocycles. The Morgan fingerprint density at radius 3 is 2.81 bits per heavy atom. The van der Waals surface area contributed by atoms with E-state index in [9.17, 15) is 9.59 Å². The summed E-state index contributed by atoms with van der Waals surface area (Å²) in [6.07, 6.45) is 6.13. The third-order valence-corrected chi connectivity index (χ3v) is 5.18. The summed E-state index contributed by atoms with van der Waals surface area (Å²) in [5.41, 5.74) is 7.28. The van der Waals surface area contributed by atoms with Crippen molar-refractivity contribution < 1.29 is 14.0 Å². The van der Waals surface area contributed by atoms with Crippen LogP contribution in [0.2, 0.25) is 0 Å². The summed E-state index contributed by atoms with van der Waals surface area (Å²) in [4.78, 5) is 35.0. The quantitative estimate of drug-likeness (QED) is 0.572. The van der Waals surface area contributed by atoms with Gasteiger partial charge in [0.05, 0.1) is 11.7 Å². The lowest BCUT2D eigenvalue weighted by Crippen LogP contribution is -2.37. The van der Waals surface area contributed by atoms with Gasteiger partial charge in [0.2, 0.25) is 5.89 Å². The van der Waals surface area contributed by atoms with E-state index in [0.29, 0.717) is 11.5 Å². The van der Waals surface area contributed by atoms with Gasteiger partial charge in [0.1, 0.15) is 13.6 Å². The fourth-order valence-corrected chi connectivity index (χ4v) is 3.53. The van der Waals surface area contributed by atoms with E-state index in [1.54, 1.807) is 36.5 Å². The Morgan fingerprint density at radius 2 is 2.13 bits per heavy atom. The number of aromatic nitrogens is 4. The number of anilines is 1. The van der Waals surface area contributed by atoms with E-state index < -0.39 is 11.8 Å². The maximum atomic E-state index is 12.7. The van der Waals surface area contributed by atoms with Gasteiger partial charge in [0.15, 0.2) is 11.4 Å². The van der Waals surface area contributed by atoms with E-state index in [4.69, 9.17) is 17.9 Å². The normalized spacial score (nSPS) is 15.0. The first-order chi connectivity index (χ1) is 14.9. The number of hydrogen-bond donors (Lipinski definition) is 2. The second kappa shape index (κ2) is 8.76. The summed E-state index contributed by atoms with van der Waals surface area (Å²) < 4.78 is 7.11. The Kier molecular flexibility index (Phi) is 5.90. The predicted molar refractivity (Wildman–Crippen MR) is 115 cm³/mol. The Morgan fingerprint density at radius 1 is 1.35 bits per heavy atom. The van der Waals surface area contributed by atoms with Gasteiger partial charge >= 0.3 is 0 Å². The largest absolute Gasteiger partial charge is 0.444 e. The minimum absolute atomic E-state index is 0.00496. The molecule has 3 aromatic heterocycles. The zero-order valence-electron chi connectivity index (χ0n) is 17.0. The van der Waals surface area contributed by atoms with Crippen molar-refractivity contribution in [2.45, 2.75) is 25.8 Å². The highest BCUT2D eigenvalue weighted by molar-refractivity contribution is 6.87. The molecular formula is C19H20B2N7O3. The minimum atomic E-state index is -0.727. The van der Waals surface area contributed by atoms with Gasteiger partial charge in [-0.15, -0.1) is 0 Å². The number of nitrogens with zero attached hydrogens (tertiary/aromatic N) is 5. The second-order valence-electron chi connectivity index (χ2n) is 7.33. The lowest BCUT2D eigenvalue weighted by Gasteiger charge is -2.31. The number of carbonyl (C=O) groups is 2. The van der Waals surface area contributed by atoms with Crippen LogP contribution in [-0.2, 0) is 0 Å². The maximum Gasteiger partial charge on any atom is 0.277 e. The summed E-state index contributed by atoms with van der Waals surface area (Å²) in [6.45, 7) is 3.41. The van der Waals surface area contributed by atoms with E-state index in [0.717, 1.165) is 31.6 Å². The number of primary amides is 1. The molecule has 3 N–H and O–H groups in total. The molecule has 1 saturated heterocycles. The molecule has 0 spiro atoms. The van der Waals surface area contributed by atoms with E-state index in [2.05, 4.69) is 20.4 Å². The molecule has 2 amide bonds. The topological polar surface area (TPSA) is 132 Å². The molecule has 3 radical (unpaired) electrons. The van der Waals surface area contributed by atoms with E-state index in [1.807, 2.05) is 11.7 Å². The third kappa shape index (κ3) is 4.53. The molecule has 1 fully saturated rings. The molecule has 0 atom stereocenters. The average molecular weight is 416 g/mol. The van der Waals surface area contributed by atoms with Crippen LogP contribution in [0, 0.1) is 6.92 Å². The van der Waals surface area contributed by atoms with Crippen molar-refractivity contribution in [2.75, 3.05) is 18.4 Å². The van der Waals surface area contributed by atoms with Crippen LogP contribution in [0.15, 0.2) is 35.2 Å². The van der Waals surface area contributed by atoms with Crippen LogP contribution in [0.25, 0.3) is 11.5 Å². The third-order valence-electron chi connectivity index (χ3n) is 5.18. The van der Waals surface area contributed by atoms with Crippen molar-refractivity contribution in [1.82, 2.24) is 24.6 Å². The van der Waals surface area contributed by atoms with E-state index in [-0.39, 0.29) is 23.1 Å². The van der Waals surface area contributed by atoms with Crippen LogP contribution in [-0.4, -0.2) is 64.5 Å². The van der Waals surface area contributed by atoms with Crippen LogP contribution < -0.4 is 11.1 Å². The van der Waals surface area contributed by atoms with Gasteiger partial charge in [0.25, 0.3) is 11.8 Å². The lowest BCUT2D eigenvalue weighted by molar-refractivity contribution is 0.0995. The number of nitrogens with two attached hydrogens (primary N) is 1. The number of hydrogen-bond acceptors (Lipinski definition) is 7. The lowest BCUT2D eigenvalue weighted by atomic mass is 9.64. The number of nitrogens with one attached hydrogen (secondary N) is 1. The Bertz CT molecular complexity index is 1110. The highest BCUT2D eigenvalue weighted by Crippen LogP contribution is 2.25. The Hall–Kier alpha value is -3.40. The van der Waals surface area contributed by atoms with Crippen molar-refractivity contribution >= 4 is 32.5 Å². The van der Waals surface area contributed by atoms with Crippen LogP contribution in [0.4, 0.5) is 5.69 Å². The highest BCUT2D eigenvalue weighted by atomic mass is 16.3. The molecule has 31 heavy (non-hydrogen) atoms. The summed E-state index contributed by atoms with van der Waals surface area (Å²) in [7, 11) is 7.13. The van der Waals surface area contributed by atoms with Crippen molar-refractivity contribution in [1.29, 1.82) is 0 Å². The maximum absolute atomic E-state index is 12.7. The molecule has 3 aromatic rings. The van der Waals surface area contributed by atoms with Crippen LogP contribution >= 0.6 is 0 Å². The molecule has 10 nitrogen and oxygen atoms in total. The number of carbonyl (C=O) groups excluding carboxylic acids is 2. The van der Waals surface area contributed by atoms with Crippen LogP contribution in [0.1, 0.15) is 45.6 Å². The monoisotopic (exact) mass is 416 g/mol. The summed E-state index contributed by atoms with van der Waals surface area (Å²) in [6, 6.07) is 3.62. The first kappa shape index (κ1) is 20.9. The fraction of sp³-hybridized carbons (Fsp3) is 0.316. The van der Waals surface area contributed by atoms with Crippen LogP contribution in [0.3, 0.4) is 0 Å². The molecule has 4 rings (SSSR count). The van der Waals surface area contributed by atoms with Crippen molar-refractivity contribution in [3.8, 4) is 11.5 Å². The number of oxazole rings is 1. The molecule has 1 aliphatic heterocycles. The Balaban J connectivity index is 1.51. The average Bonchev–Trinajstić information content (AvgIpc) is 3.42. The number of piperidine rings is 1. The van der Waals surface area contributed by atoms with Crippen LogP contribution in [0.5, 0.6) is 0 Å². The van der Waals surface area contributed by atoms with Crippen molar-refractivity contribution in [2.24, 2.45) is 5.73 Å². The molecule has 0 aromatic carbocycles. The summed E-state index contributed by atoms with van der Waals surface area (Å²) in [5.74, 6) is -0.963. The fourth-order valence-electron chi connectivity index (χ4n) is 3.53. The number of aryl methyl sites for hydroxylation is 1. The van der Waals surface area contributed by atoms with Crippen molar-refractivity contribution in [3.63, 3.8) is 0 Å². The number of amides is 2. The molecule has 0 unspecified atom stereocenters. The zero-order valence-corrected chi connectivity index (χ0v) is 17.0. The van der Waals surface area contributed by atoms with Gasteiger partial charge in [-0.2, -0.15) is 5.10 Å². The first-order valence-corrected chi connectivity index (χ1v) is 9.82. The summed E-state index contributed by atoms with van der Waals surface area (Å²) >= 11 is 0. The molecule has 4 heterocycles. The molecule has 0 saturated carbocycles. The molecule has 12 heteroatoms. The van der Waals surface area contributed by atoms with Gasteiger partial charge in [-0.3, -0.25) is 19.3 Å². The second-order valence-corrected chi connectivity index (χ2v) is 7.33. The van der Waals surface area contributed by atoms with E-state index in [1.165, 1.54) is 6.26 Å². The number of pyridine rings is 1. The van der Waals surface area contributed by atoms with Gasteiger partial charge in [-0.25, -0.2) is 4.98 Å². The molecule has 0 bridgehead atoms. The minimum Gasteiger partial charge on any atom is -0.444 e. The van der Waals surface area contributed by atoms with Crippen molar-refractivity contribution in [3.05, 3.63) is 47.9 Å². The molecule has 1 aliphatic rings. The highest BCUT2D eigenvalue weighted by Gasteiger charge is 2.24. The first-order valence-electron chi connectivity index (χ1n) is 9.82. The van der Waals surface area contributed by atoms with Gasteiger partial charge in [0, 0.05) is 31.4 Å². The SMILES string of the molecule is [B][B]N1CCC(n2cc(NC(=O)c3coc(-c4ccnc(C)c4)n3)c(C(N)=O)n2)CC1. The molecular weight excluding hydrogens is 396 g/mol. The smallest absolute Gasteiger partial charge is 0.277 e.